The van der Waals surface area contributed by atoms with Crippen LogP contribution in [0.2, 0.25) is 0 Å². The highest BCUT2D eigenvalue weighted by atomic mass is 31.1. The van der Waals surface area contributed by atoms with E-state index in [0.717, 1.165) is 6.16 Å². The Labute approximate surface area is 112 Å². The van der Waals surface area contributed by atoms with Crippen molar-refractivity contribution in [2.75, 3.05) is 19.9 Å². The fraction of sp³-hybridized carbons (Fsp3) is 0.923. The van der Waals surface area contributed by atoms with Crippen molar-refractivity contribution in [2.24, 2.45) is 0 Å². The Balaban J connectivity index is 2.33. The van der Waals surface area contributed by atoms with E-state index in [0.29, 0.717) is 12.1 Å². The fourth-order valence-electron chi connectivity index (χ4n) is 2.24. The van der Waals surface area contributed by atoms with E-state index in [9.17, 15) is 4.79 Å². The molecule has 106 valence electrons. The first-order chi connectivity index (χ1) is 8.19. The molecule has 1 fully saturated rings. The third-order valence-electron chi connectivity index (χ3n) is 3.35. The third kappa shape index (κ3) is 5.11. The summed E-state index contributed by atoms with van der Waals surface area (Å²) in [4.78, 5) is 14.1. The highest BCUT2D eigenvalue weighted by molar-refractivity contribution is 7.55. The smallest absolute Gasteiger partial charge is 0.410 e. The number of hydrogen-bond acceptors (Lipinski definition) is 3. The molecule has 0 spiro atoms. The Hall–Kier alpha value is -0.340. The molecule has 1 rings (SSSR count). The normalized spacial score (nSPS) is 27.0. The van der Waals surface area contributed by atoms with Crippen LogP contribution in [0.5, 0.6) is 0 Å². The topological polar surface area (TPSA) is 41.6 Å². The highest BCUT2D eigenvalue weighted by Crippen LogP contribution is 2.33. The maximum atomic E-state index is 11.7. The van der Waals surface area contributed by atoms with E-state index in [2.05, 4.69) is 30.6 Å². The molecule has 0 aliphatic carbocycles. The number of ether oxygens (including phenoxy) is 1. The lowest BCUT2D eigenvalue weighted by Gasteiger charge is -2.27. The van der Waals surface area contributed by atoms with Gasteiger partial charge >= 0.3 is 6.09 Å². The van der Waals surface area contributed by atoms with Crippen LogP contribution >= 0.6 is 8.07 Å². The molecule has 0 aromatic carbocycles. The van der Waals surface area contributed by atoms with Crippen molar-refractivity contribution in [3.63, 3.8) is 0 Å². The summed E-state index contributed by atoms with van der Waals surface area (Å²) in [7, 11) is 1.68. The van der Waals surface area contributed by atoms with Crippen molar-refractivity contribution in [1.29, 1.82) is 0 Å². The summed E-state index contributed by atoms with van der Waals surface area (Å²) in [5.41, 5.74) is -0.418. The Morgan fingerprint density at radius 2 is 2.06 bits per heavy atom. The molecule has 0 aromatic rings. The van der Waals surface area contributed by atoms with Gasteiger partial charge in [0.1, 0.15) is 5.60 Å². The van der Waals surface area contributed by atoms with Gasteiger partial charge in [0.25, 0.3) is 0 Å². The zero-order valence-corrected chi connectivity index (χ0v) is 13.4. The van der Waals surface area contributed by atoms with Crippen LogP contribution in [0.4, 0.5) is 4.79 Å². The Bertz CT molecular complexity index is 291. The van der Waals surface area contributed by atoms with Gasteiger partial charge in [0, 0.05) is 18.2 Å². The molecule has 0 aromatic heterocycles. The van der Waals surface area contributed by atoms with Gasteiger partial charge < -0.3 is 14.7 Å². The van der Waals surface area contributed by atoms with Gasteiger partial charge in [-0.2, -0.15) is 0 Å². The zero-order chi connectivity index (χ0) is 13.9. The van der Waals surface area contributed by atoms with E-state index >= 15 is 0 Å². The summed E-state index contributed by atoms with van der Waals surface area (Å²) in [5, 5.41) is 2.98. The third-order valence-corrected chi connectivity index (χ3v) is 4.89. The first kappa shape index (κ1) is 15.7. The van der Waals surface area contributed by atoms with Gasteiger partial charge in [-0.15, -0.1) is 0 Å². The maximum Gasteiger partial charge on any atom is 0.410 e. The monoisotopic (exact) mass is 274 g/mol. The molecule has 1 aliphatic heterocycles. The summed E-state index contributed by atoms with van der Waals surface area (Å²) in [6.45, 7) is 10.0. The molecule has 3 unspecified atom stereocenters. The Morgan fingerprint density at radius 1 is 1.44 bits per heavy atom. The molecular weight excluding hydrogens is 247 g/mol. The van der Waals surface area contributed by atoms with Gasteiger partial charge in [0.2, 0.25) is 0 Å². The number of hydrogen-bond donors (Lipinski definition) is 1. The average molecular weight is 274 g/mol. The van der Waals surface area contributed by atoms with E-state index in [1.165, 1.54) is 12.8 Å². The molecule has 3 atom stereocenters. The number of carbonyl (C=O) groups is 1. The van der Waals surface area contributed by atoms with Crippen molar-refractivity contribution in [3.05, 3.63) is 0 Å². The van der Waals surface area contributed by atoms with Gasteiger partial charge in [-0.25, -0.2) is 4.79 Å². The lowest BCUT2D eigenvalue weighted by Crippen LogP contribution is -2.35. The summed E-state index contributed by atoms with van der Waals surface area (Å²) >= 11 is 0. The van der Waals surface area contributed by atoms with Crippen LogP contribution in [0.1, 0.15) is 40.5 Å². The quantitative estimate of drug-likeness (QED) is 0.804. The number of nitrogens with one attached hydrogen (secondary N) is 1. The largest absolute Gasteiger partial charge is 0.444 e. The molecule has 1 aliphatic rings. The lowest BCUT2D eigenvalue weighted by atomic mass is 10.2. The molecular formula is C13H27N2O2P. The molecule has 1 heterocycles. The second-order valence-electron chi connectivity index (χ2n) is 6.24. The SMILES string of the molecule is CC1CCC(CP(C)NC(=O)OC(C)(C)C)N1C. The molecule has 4 nitrogen and oxygen atoms in total. The number of rotatable bonds is 3. The van der Waals surface area contributed by atoms with Crippen LogP contribution in [0.25, 0.3) is 0 Å². The number of amides is 1. The lowest BCUT2D eigenvalue weighted by molar-refractivity contribution is 0.0571. The molecule has 18 heavy (non-hydrogen) atoms. The molecule has 5 heteroatoms. The molecule has 0 bridgehead atoms. The van der Waals surface area contributed by atoms with Gasteiger partial charge in [0.05, 0.1) is 0 Å². The minimum Gasteiger partial charge on any atom is -0.444 e. The first-order valence-corrected chi connectivity index (χ1v) is 8.59. The van der Waals surface area contributed by atoms with Crippen LogP contribution in [0.3, 0.4) is 0 Å². The van der Waals surface area contributed by atoms with Crippen molar-refractivity contribution < 1.29 is 9.53 Å². The summed E-state index contributed by atoms with van der Waals surface area (Å²) in [5.74, 6) is 0. The summed E-state index contributed by atoms with van der Waals surface area (Å²) in [6.07, 6.45) is 3.26. The van der Waals surface area contributed by atoms with Crippen molar-refractivity contribution in [3.8, 4) is 0 Å². The Morgan fingerprint density at radius 3 is 2.50 bits per heavy atom. The molecule has 1 amide bonds. The van der Waals surface area contributed by atoms with Gasteiger partial charge in [-0.1, -0.05) is 0 Å². The maximum absolute atomic E-state index is 11.7. The second-order valence-corrected chi connectivity index (χ2v) is 8.22. The van der Waals surface area contributed by atoms with Crippen LogP contribution in [0, 0.1) is 0 Å². The van der Waals surface area contributed by atoms with E-state index in [1.54, 1.807) is 0 Å². The Kier molecular flexibility index (Phi) is 5.42. The highest BCUT2D eigenvalue weighted by Gasteiger charge is 2.29. The number of carbonyl (C=O) groups excluding carboxylic acids is 1. The first-order valence-electron chi connectivity index (χ1n) is 6.62. The molecule has 0 saturated carbocycles. The van der Waals surface area contributed by atoms with Gasteiger partial charge in [-0.05, 0) is 62.3 Å². The predicted molar refractivity (Wildman–Crippen MR) is 77.3 cm³/mol. The van der Waals surface area contributed by atoms with Gasteiger partial charge in [0.15, 0.2) is 0 Å². The summed E-state index contributed by atoms with van der Waals surface area (Å²) in [6, 6.07) is 1.27. The van der Waals surface area contributed by atoms with Gasteiger partial charge in [-0.3, -0.25) is 0 Å². The fourth-order valence-corrected chi connectivity index (χ4v) is 3.76. The van der Waals surface area contributed by atoms with Crippen molar-refractivity contribution >= 4 is 14.2 Å². The van der Waals surface area contributed by atoms with Crippen LogP contribution in [-0.4, -0.2) is 48.6 Å². The second kappa shape index (κ2) is 6.21. The molecule has 1 saturated heterocycles. The van der Waals surface area contributed by atoms with E-state index in [4.69, 9.17) is 4.74 Å². The standard InChI is InChI=1S/C13H27N2O2P/c1-10-7-8-11(15(10)5)9-18(6)14-12(16)17-13(2,3)4/h10-11H,7-9H2,1-6H3,(H,14,16). The minimum absolute atomic E-state index is 0.287. The van der Waals surface area contributed by atoms with Crippen LogP contribution in [-0.2, 0) is 4.74 Å². The van der Waals surface area contributed by atoms with Crippen molar-refractivity contribution in [1.82, 2.24) is 9.99 Å². The van der Waals surface area contributed by atoms with E-state index < -0.39 is 13.7 Å². The van der Waals surface area contributed by atoms with Crippen LogP contribution in [0.15, 0.2) is 0 Å². The number of likely N-dealkylation sites (tertiary alicyclic amines) is 1. The van der Waals surface area contributed by atoms with Crippen LogP contribution < -0.4 is 5.09 Å². The zero-order valence-electron chi connectivity index (χ0n) is 12.5. The van der Waals surface area contributed by atoms with E-state index in [-0.39, 0.29) is 6.09 Å². The average Bonchev–Trinajstić information content (AvgIpc) is 2.46. The minimum atomic E-state index is -0.496. The molecule has 0 radical (unpaired) electrons. The van der Waals surface area contributed by atoms with E-state index in [1.807, 2.05) is 20.8 Å². The predicted octanol–water partition coefficient (Wildman–Crippen LogP) is 3.02. The van der Waals surface area contributed by atoms with Crippen molar-refractivity contribution in [2.45, 2.75) is 58.2 Å². The molecule has 1 N–H and O–H groups in total. The number of nitrogens with zero attached hydrogens (tertiary/aromatic N) is 1. The summed E-state index contributed by atoms with van der Waals surface area (Å²) < 4.78 is 5.27.